The Kier molecular flexibility index (Phi) is 14.2. The second-order valence-corrected chi connectivity index (χ2v) is 16.8. The Morgan fingerprint density at radius 2 is 1.44 bits per heavy atom. The fourth-order valence-corrected chi connectivity index (χ4v) is 8.36. The molecule has 5 atom stereocenters. The van der Waals surface area contributed by atoms with Crippen LogP contribution < -0.4 is 21.5 Å². The van der Waals surface area contributed by atoms with Crippen molar-refractivity contribution in [3.63, 3.8) is 0 Å². The highest BCUT2D eigenvalue weighted by molar-refractivity contribution is 7.99. The van der Waals surface area contributed by atoms with Gasteiger partial charge in [-0.15, -0.1) is 0 Å². The Hall–Kier alpha value is -2.93. The lowest BCUT2D eigenvalue weighted by molar-refractivity contribution is -0.141. The summed E-state index contributed by atoms with van der Waals surface area (Å²) in [6.07, 6.45) is 5.21. The molecular weight excluding hydrogens is 657 g/mol. The highest BCUT2D eigenvalue weighted by Gasteiger charge is 2.65. The lowest BCUT2D eigenvalue weighted by Crippen LogP contribution is -2.57. The van der Waals surface area contributed by atoms with Crippen LogP contribution in [-0.4, -0.2) is 81.8 Å². The summed E-state index contributed by atoms with van der Waals surface area (Å²) in [6, 6.07) is -3.54. The molecule has 3 rings (SSSR count). The number of Topliss-reactive ketones (excluding diaryl/α,β-unsaturated/α-hetero) is 3. The summed E-state index contributed by atoms with van der Waals surface area (Å²) in [5.41, 5.74) is 8.17. The van der Waals surface area contributed by atoms with Crippen molar-refractivity contribution in [1.29, 1.82) is 0 Å². The van der Waals surface area contributed by atoms with Crippen LogP contribution in [0.5, 0.6) is 0 Å². The van der Waals surface area contributed by atoms with E-state index in [2.05, 4.69) is 21.5 Å². The lowest BCUT2D eigenvalue weighted by atomic mass is 9.67. The van der Waals surface area contributed by atoms with Crippen molar-refractivity contribution in [3.8, 4) is 0 Å². The van der Waals surface area contributed by atoms with Gasteiger partial charge in [0.1, 0.15) is 17.9 Å². The van der Waals surface area contributed by atoms with Crippen LogP contribution in [0.4, 0.5) is 0 Å². The lowest BCUT2D eigenvalue weighted by Gasteiger charge is -2.39. The Balaban J connectivity index is 1.75. The van der Waals surface area contributed by atoms with Gasteiger partial charge in [-0.25, -0.2) is 10.9 Å². The third-order valence-corrected chi connectivity index (χ3v) is 11.1. The zero-order valence-electron chi connectivity index (χ0n) is 31.5. The number of nitrogens with one attached hydrogen (secondary N) is 4. The number of amides is 2. The number of hydrazine groups is 1. The molecule has 0 unspecified atom stereocenters. The van der Waals surface area contributed by atoms with E-state index in [1.165, 1.54) is 18.7 Å². The average molecular weight is 715 g/mol. The number of thioether (sulfide) groups is 1. The van der Waals surface area contributed by atoms with Gasteiger partial charge in [-0.05, 0) is 93.4 Å². The SMILES string of the molecule is CC(=O)N[C@@H](CSCC1=C(C)C=C2C(=O)[C@](C)(O)C3(CC3)C(C)=C21)C(=O)N[C@@H](CC(C)C)C(=O)C(=O)[C@H](CC(C)C)NN[C@H](C=O)CC(C)C. The van der Waals surface area contributed by atoms with Gasteiger partial charge in [0, 0.05) is 29.4 Å². The predicted octanol–water partition coefficient (Wildman–Crippen LogP) is 3.70. The molecule has 50 heavy (non-hydrogen) atoms. The topological polar surface area (TPSA) is 171 Å². The van der Waals surface area contributed by atoms with Crippen LogP contribution in [0.25, 0.3) is 0 Å². The number of hydrogen-bond acceptors (Lipinski definition) is 10. The van der Waals surface area contributed by atoms with E-state index in [-0.39, 0.29) is 35.7 Å². The van der Waals surface area contributed by atoms with Crippen LogP contribution in [0.1, 0.15) is 101 Å². The smallest absolute Gasteiger partial charge is 0.244 e. The van der Waals surface area contributed by atoms with Crippen LogP contribution in [0.2, 0.25) is 0 Å². The molecule has 0 aromatic rings. The van der Waals surface area contributed by atoms with E-state index in [4.69, 9.17) is 0 Å². The Labute approximate surface area is 301 Å². The minimum atomic E-state index is -1.44. The van der Waals surface area contributed by atoms with Crippen molar-refractivity contribution >= 4 is 47.2 Å². The van der Waals surface area contributed by atoms with E-state index in [9.17, 15) is 33.9 Å². The Morgan fingerprint density at radius 3 is 1.96 bits per heavy atom. The van der Waals surface area contributed by atoms with Gasteiger partial charge in [-0.2, -0.15) is 11.8 Å². The molecule has 0 bridgehead atoms. The van der Waals surface area contributed by atoms with Gasteiger partial charge in [0.05, 0.1) is 18.1 Å². The fourth-order valence-electron chi connectivity index (χ4n) is 7.19. The number of rotatable bonds is 20. The normalized spacial score (nSPS) is 22.0. The van der Waals surface area contributed by atoms with Crippen molar-refractivity contribution in [2.45, 2.75) is 131 Å². The maximum atomic E-state index is 13.7. The van der Waals surface area contributed by atoms with Gasteiger partial charge >= 0.3 is 0 Å². The van der Waals surface area contributed by atoms with E-state index in [1.807, 2.05) is 61.5 Å². The van der Waals surface area contributed by atoms with E-state index in [0.29, 0.717) is 24.2 Å². The molecule has 12 heteroatoms. The predicted molar refractivity (Wildman–Crippen MR) is 196 cm³/mol. The highest BCUT2D eigenvalue weighted by atomic mass is 32.2. The molecule has 1 spiro atoms. The maximum absolute atomic E-state index is 13.7. The first-order chi connectivity index (χ1) is 23.3. The molecule has 0 saturated heterocycles. The summed E-state index contributed by atoms with van der Waals surface area (Å²) in [7, 11) is 0. The molecule has 278 valence electrons. The standard InChI is InChI=1S/C38H58N4O7S/c1-20(2)13-26(17-43)41-42-30(15-22(5)6)34(46)33(45)29(14-21(3)4)40-36(48)31(39-25(9)44)19-50-18-28-23(7)16-27-32(28)24(8)38(11-12-38)37(10,49)35(27)47/h16-17,20-22,26,29-31,41-42,49H,11-15,18-19H2,1-10H3,(H,39,44)(H,40,48)/t26-,29-,30-,31-,37-/m0/s1. The van der Waals surface area contributed by atoms with Gasteiger partial charge < -0.3 is 20.5 Å². The molecule has 0 aromatic heterocycles. The average Bonchev–Trinajstić information content (AvgIpc) is 3.78. The van der Waals surface area contributed by atoms with Crippen molar-refractivity contribution in [1.82, 2.24) is 21.5 Å². The summed E-state index contributed by atoms with van der Waals surface area (Å²) >= 11 is 1.42. The van der Waals surface area contributed by atoms with Gasteiger partial charge in [0.15, 0.2) is 5.78 Å². The van der Waals surface area contributed by atoms with Crippen LogP contribution in [0.3, 0.4) is 0 Å². The number of aldehydes is 1. The highest BCUT2D eigenvalue weighted by Crippen LogP contribution is 2.65. The summed E-state index contributed by atoms with van der Waals surface area (Å²) in [5.74, 6) is -1.78. The zero-order chi connectivity index (χ0) is 37.7. The van der Waals surface area contributed by atoms with E-state index >= 15 is 0 Å². The van der Waals surface area contributed by atoms with Crippen molar-refractivity contribution < 1.29 is 33.9 Å². The van der Waals surface area contributed by atoms with Crippen LogP contribution in [-0.2, 0) is 28.8 Å². The van der Waals surface area contributed by atoms with Gasteiger partial charge in [0.2, 0.25) is 23.4 Å². The molecule has 0 heterocycles. The molecule has 3 aliphatic carbocycles. The van der Waals surface area contributed by atoms with Crippen LogP contribution in [0.15, 0.2) is 33.9 Å². The molecule has 11 nitrogen and oxygen atoms in total. The van der Waals surface area contributed by atoms with Crippen molar-refractivity contribution in [2.75, 3.05) is 11.5 Å². The van der Waals surface area contributed by atoms with Crippen LogP contribution in [0, 0.1) is 23.2 Å². The molecule has 0 aliphatic heterocycles. The Bertz CT molecular complexity index is 1450. The molecule has 5 N–H and O–H groups in total. The number of allylic oxidation sites excluding steroid dienone is 3. The van der Waals surface area contributed by atoms with Gasteiger partial charge in [-0.3, -0.25) is 24.0 Å². The molecule has 2 amide bonds. The minimum absolute atomic E-state index is 0.0324. The van der Waals surface area contributed by atoms with E-state index in [1.54, 1.807) is 6.92 Å². The zero-order valence-corrected chi connectivity index (χ0v) is 32.3. The van der Waals surface area contributed by atoms with E-state index < -0.39 is 58.6 Å². The number of ketones is 3. The van der Waals surface area contributed by atoms with E-state index in [0.717, 1.165) is 41.4 Å². The largest absolute Gasteiger partial charge is 0.381 e. The number of hydrogen-bond donors (Lipinski definition) is 5. The third kappa shape index (κ3) is 9.48. The minimum Gasteiger partial charge on any atom is -0.381 e. The number of carbonyl (C=O) groups is 6. The quantitative estimate of drug-likeness (QED) is 0.0712. The van der Waals surface area contributed by atoms with Crippen molar-refractivity contribution in [2.24, 2.45) is 23.2 Å². The first-order valence-electron chi connectivity index (χ1n) is 17.9. The number of carbonyl (C=O) groups excluding carboxylic acids is 6. The molecular formula is C38H58N4O7S. The summed E-state index contributed by atoms with van der Waals surface area (Å²) in [5, 5.41) is 16.6. The molecule has 3 aliphatic rings. The monoisotopic (exact) mass is 714 g/mol. The fraction of sp³-hybridized carbons (Fsp3) is 0.684. The first kappa shape index (κ1) is 41.5. The second kappa shape index (κ2) is 17.1. The maximum Gasteiger partial charge on any atom is 0.244 e. The van der Waals surface area contributed by atoms with Gasteiger partial charge in [0.25, 0.3) is 0 Å². The molecule has 1 saturated carbocycles. The summed E-state index contributed by atoms with van der Waals surface area (Å²) in [4.78, 5) is 78.3. The summed E-state index contributed by atoms with van der Waals surface area (Å²) < 4.78 is 0. The van der Waals surface area contributed by atoms with Crippen molar-refractivity contribution in [3.05, 3.63) is 33.9 Å². The van der Waals surface area contributed by atoms with Crippen LogP contribution >= 0.6 is 11.8 Å². The second-order valence-electron chi connectivity index (χ2n) is 15.7. The Morgan fingerprint density at radius 1 is 0.880 bits per heavy atom. The molecule has 1 fully saturated rings. The van der Waals surface area contributed by atoms with Gasteiger partial charge in [-0.1, -0.05) is 47.1 Å². The third-order valence-electron chi connectivity index (χ3n) is 10.0. The number of fused-ring (bicyclic) bond motifs is 1. The number of aliphatic hydroxyl groups is 1. The first-order valence-corrected chi connectivity index (χ1v) is 19.0. The molecule has 0 aromatic carbocycles. The molecule has 0 radical (unpaired) electrons. The summed E-state index contributed by atoms with van der Waals surface area (Å²) in [6.45, 7) is 18.5.